The quantitative estimate of drug-likeness (QED) is 0.741. The van der Waals surface area contributed by atoms with Crippen LogP contribution in [-0.4, -0.2) is 60.2 Å². The maximum Gasteiger partial charge on any atom is 0.303 e. The third-order valence-corrected chi connectivity index (χ3v) is 7.91. The lowest BCUT2D eigenvalue weighted by Gasteiger charge is -2.24. The maximum absolute atomic E-state index is 12.2. The molecule has 0 radical (unpaired) electrons. The van der Waals surface area contributed by atoms with Gasteiger partial charge in [-0.25, -0.2) is 8.42 Å². The average Bonchev–Trinajstić information content (AvgIpc) is 3.25. The summed E-state index contributed by atoms with van der Waals surface area (Å²) in [7, 11) is -3.16. The fraction of sp³-hybridized carbons (Fsp3) is 0.471. The highest BCUT2D eigenvalue weighted by Crippen LogP contribution is 2.43. The van der Waals surface area contributed by atoms with Gasteiger partial charge < -0.3 is 19.5 Å². The molecule has 1 aromatic rings. The van der Waals surface area contributed by atoms with E-state index in [1.807, 2.05) is 0 Å². The fourth-order valence-electron chi connectivity index (χ4n) is 3.45. The molecule has 2 fully saturated rings. The second kappa shape index (κ2) is 7.28. The highest BCUT2D eigenvalue weighted by molar-refractivity contribution is 8.16. The lowest BCUT2D eigenvalue weighted by Crippen LogP contribution is -2.37. The Labute approximate surface area is 165 Å². The number of ether oxygens (including phenoxy) is 2. The number of amidine groups is 1. The normalized spacial score (nSPS) is 25.9. The average molecular weight is 426 g/mol. The molecule has 11 heteroatoms. The Morgan fingerprint density at radius 3 is 2.79 bits per heavy atom. The molecule has 0 aliphatic carbocycles. The van der Waals surface area contributed by atoms with Crippen molar-refractivity contribution in [2.45, 2.75) is 30.6 Å². The molecule has 1 amide bonds. The minimum Gasteiger partial charge on any atom is -0.481 e. The fourth-order valence-corrected chi connectivity index (χ4v) is 7.39. The molecule has 0 saturated carbocycles. The van der Waals surface area contributed by atoms with Crippen LogP contribution < -0.4 is 14.4 Å². The lowest BCUT2D eigenvalue weighted by atomic mass is 10.2. The van der Waals surface area contributed by atoms with E-state index in [4.69, 9.17) is 14.6 Å². The van der Waals surface area contributed by atoms with Gasteiger partial charge in [0, 0.05) is 29.8 Å². The van der Waals surface area contributed by atoms with Gasteiger partial charge in [-0.3, -0.25) is 9.59 Å². The number of carboxylic acid groups (broad SMARTS) is 1. The monoisotopic (exact) mass is 426 g/mol. The van der Waals surface area contributed by atoms with E-state index in [1.165, 1.54) is 11.8 Å². The SMILES string of the molecule is O=C(O)CCCC(=O)N=C1S[C@H]2CS(=O)(=O)C[C@@H]2N1c1ccc2c(c1)OCO2. The summed E-state index contributed by atoms with van der Waals surface area (Å²) >= 11 is 1.28. The number of rotatable bonds is 5. The van der Waals surface area contributed by atoms with E-state index in [-0.39, 0.29) is 48.9 Å². The van der Waals surface area contributed by atoms with Crippen LogP contribution in [0.3, 0.4) is 0 Å². The number of sulfone groups is 1. The van der Waals surface area contributed by atoms with Crippen LogP contribution >= 0.6 is 11.8 Å². The molecular formula is C17H18N2O7S2. The van der Waals surface area contributed by atoms with E-state index in [0.29, 0.717) is 22.4 Å². The Morgan fingerprint density at radius 2 is 2.00 bits per heavy atom. The van der Waals surface area contributed by atoms with Gasteiger partial charge in [-0.05, 0) is 18.6 Å². The Morgan fingerprint density at radius 1 is 1.21 bits per heavy atom. The third kappa shape index (κ3) is 3.81. The first-order valence-electron chi connectivity index (χ1n) is 8.72. The third-order valence-electron chi connectivity index (χ3n) is 4.70. The number of nitrogens with zero attached hydrogens (tertiary/aromatic N) is 2. The Kier molecular flexibility index (Phi) is 4.96. The van der Waals surface area contributed by atoms with Crippen molar-refractivity contribution in [2.24, 2.45) is 4.99 Å². The first-order chi connectivity index (χ1) is 13.3. The van der Waals surface area contributed by atoms with Crippen molar-refractivity contribution in [3.8, 4) is 11.5 Å². The molecule has 3 aliphatic heterocycles. The Balaban J connectivity index is 1.61. The lowest BCUT2D eigenvalue weighted by molar-refractivity contribution is -0.137. The van der Waals surface area contributed by atoms with Gasteiger partial charge >= 0.3 is 5.97 Å². The zero-order valence-electron chi connectivity index (χ0n) is 14.7. The van der Waals surface area contributed by atoms with Gasteiger partial charge in [0.1, 0.15) is 0 Å². The number of carboxylic acids is 1. The topological polar surface area (TPSA) is 123 Å². The Bertz CT molecular complexity index is 960. The number of fused-ring (bicyclic) bond motifs is 2. The summed E-state index contributed by atoms with van der Waals surface area (Å²) in [5.41, 5.74) is 0.679. The molecule has 0 unspecified atom stereocenters. The van der Waals surface area contributed by atoms with Crippen LogP contribution in [0.5, 0.6) is 11.5 Å². The van der Waals surface area contributed by atoms with Crippen molar-refractivity contribution in [3.63, 3.8) is 0 Å². The molecule has 1 N–H and O–H groups in total. The molecule has 0 bridgehead atoms. The predicted molar refractivity (Wildman–Crippen MR) is 103 cm³/mol. The standard InChI is InChI=1S/C17H18N2O7S2/c20-15(2-1-3-16(21)22)18-17-19(11-7-28(23,24)8-14(11)27-17)10-4-5-12-13(6-10)26-9-25-12/h4-6,11,14H,1-3,7-9H2,(H,21,22)/t11-,14-/m0/s1. The Hall–Kier alpha value is -2.27. The van der Waals surface area contributed by atoms with Crippen LogP contribution in [-0.2, 0) is 19.4 Å². The molecule has 1 aromatic carbocycles. The first kappa shape index (κ1) is 19.1. The van der Waals surface area contributed by atoms with Crippen LogP contribution in [0.1, 0.15) is 19.3 Å². The molecule has 9 nitrogen and oxygen atoms in total. The van der Waals surface area contributed by atoms with Crippen molar-refractivity contribution < 1.29 is 32.6 Å². The highest BCUT2D eigenvalue weighted by Gasteiger charge is 2.49. The molecule has 0 spiro atoms. The number of aliphatic carboxylic acids is 1. The van der Waals surface area contributed by atoms with Crippen LogP contribution in [0, 0.1) is 0 Å². The molecule has 4 rings (SSSR count). The van der Waals surface area contributed by atoms with E-state index in [9.17, 15) is 18.0 Å². The molecule has 2 atom stereocenters. The first-order valence-corrected chi connectivity index (χ1v) is 11.4. The number of anilines is 1. The summed E-state index contributed by atoms with van der Waals surface area (Å²) in [5.74, 6) is -0.191. The number of carbonyl (C=O) groups excluding carboxylic acids is 1. The summed E-state index contributed by atoms with van der Waals surface area (Å²) in [6.45, 7) is 0.122. The molecular weight excluding hydrogens is 408 g/mol. The van der Waals surface area contributed by atoms with Crippen LogP contribution in [0.2, 0.25) is 0 Å². The van der Waals surface area contributed by atoms with Crippen LogP contribution in [0.25, 0.3) is 0 Å². The zero-order chi connectivity index (χ0) is 19.9. The summed E-state index contributed by atoms with van der Waals surface area (Å²) in [4.78, 5) is 28.8. The zero-order valence-corrected chi connectivity index (χ0v) is 16.4. The molecule has 2 saturated heterocycles. The van der Waals surface area contributed by atoms with Gasteiger partial charge in [-0.2, -0.15) is 4.99 Å². The highest BCUT2D eigenvalue weighted by atomic mass is 32.2. The minimum absolute atomic E-state index is 0.00860. The smallest absolute Gasteiger partial charge is 0.303 e. The number of thioether (sulfide) groups is 1. The van der Waals surface area contributed by atoms with Crippen molar-refractivity contribution in [1.82, 2.24) is 0 Å². The van der Waals surface area contributed by atoms with E-state index in [2.05, 4.69) is 4.99 Å². The van der Waals surface area contributed by atoms with E-state index in [1.54, 1.807) is 23.1 Å². The van der Waals surface area contributed by atoms with Gasteiger partial charge in [0.15, 0.2) is 26.5 Å². The number of benzene rings is 1. The van der Waals surface area contributed by atoms with Gasteiger partial charge in [0.2, 0.25) is 12.7 Å². The number of aliphatic imine (C=N–C) groups is 1. The van der Waals surface area contributed by atoms with Crippen molar-refractivity contribution in [1.29, 1.82) is 0 Å². The van der Waals surface area contributed by atoms with Crippen LogP contribution in [0.4, 0.5) is 5.69 Å². The molecule has 150 valence electrons. The number of amides is 1. The van der Waals surface area contributed by atoms with E-state index < -0.39 is 21.7 Å². The minimum atomic E-state index is -3.16. The van der Waals surface area contributed by atoms with Crippen molar-refractivity contribution in [3.05, 3.63) is 18.2 Å². The van der Waals surface area contributed by atoms with Gasteiger partial charge in [-0.15, -0.1) is 0 Å². The van der Waals surface area contributed by atoms with Gasteiger partial charge in [0.25, 0.3) is 0 Å². The molecule has 3 heterocycles. The molecule has 0 aromatic heterocycles. The van der Waals surface area contributed by atoms with Gasteiger partial charge in [0.05, 0.1) is 17.5 Å². The number of hydrogen-bond acceptors (Lipinski definition) is 7. The van der Waals surface area contributed by atoms with Crippen molar-refractivity contribution >= 4 is 44.3 Å². The summed E-state index contributed by atoms with van der Waals surface area (Å²) in [6.07, 6.45) is 0.138. The number of hydrogen-bond donors (Lipinski definition) is 1. The largest absolute Gasteiger partial charge is 0.481 e. The maximum atomic E-state index is 12.2. The number of carbonyl (C=O) groups is 2. The summed E-state index contributed by atoms with van der Waals surface area (Å²) in [5, 5.41) is 8.92. The van der Waals surface area contributed by atoms with E-state index in [0.717, 1.165) is 0 Å². The van der Waals surface area contributed by atoms with E-state index >= 15 is 0 Å². The van der Waals surface area contributed by atoms with Crippen LogP contribution in [0.15, 0.2) is 23.2 Å². The summed E-state index contributed by atoms with van der Waals surface area (Å²) in [6, 6.07) is 4.96. The molecule has 3 aliphatic rings. The molecule has 28 heavy (non-hydrogen) atoms. The van der Waals surface area contributed by atoms with Gasteiger partial charge in [-0.1, -0.05) is 11.8 Å². The second-order valence-corrected chi connectivity index (χ2v) is 10.1. The second-order valence-electron chi connectivity index (χ2n) is 6.74. The summed E-state index contributed by atoms with van der Waals surface area (Å²) < 4.78 is 34.9. The van der Waals surface area contributed by atoms with Crippen molar-refractivity contribution in [2.75, 3.05) is 23.2 Å². The predicted octanol–water partition coefficient (Wildman–Crippen LogP) is 1.27.